The van der Waals surface area contributed by atoms with E-state index in [9.17, 15) is 13.2 Å². The molecule has 7 heteroatoms. The first-order valence-electron chi connectivity index (χ1n) is 6.10. The van der Waals surface area contributed by atoms with Gasteiger partial charge in [0, 0.05) is 31.6 Å². The van der Waals surface area contributed by atoms with Crippen LogP contribution in [0.4, 0.5) is 0 Å². The Morgan fingerprint density at radius 3 is 2.70 bits per heavy atom. The molecule has 20 heavy (non-hydrogen) atoms. The number of sulfonamides is 1. The summed E-state index contributed by atoms with van der Waals surface area (Å²) in [5.74, 6) is 0. The van der Waals surface area contributed by atoms with Crippen LogP contribution in [0.3, 0.4) is 0 Å². The maximum atomic E-state index is 12.4. The molecule has 1 N–H and O–H groups in total. The summed E-state index contributed by atoms with van der Waals surface area (Å²) >= 11 is 0. The molecule has 1 aromatic heterocycles. The molecule has 0 amide bonds. The van der Waals surface area contributed by atoms with Gasteiger partial charge in [-0.05, 0) is 31.3 Å². The molecule has 0 radical (unpaired) electrons. The van der Waals surface area contributed by atoms with Crippen molar-refractivity contribution in [3.63, 3.8) is 0 Å². The van der Waals surface area contributed by atoms with Gasteiger partial charge in [-0.1, -0.05) is 0 Å². The van der Waals surface area contributed by atoms with Crippen LogP contribution in [-0.4, -0.2) is 39.9 Å². The first-order valence-corrected chi connectivity index (χ1v) is 7.54. The van der Waals surface area contributed by atoms with Gasteiger partial charge in [0.05, 0.1) is 4.90 Å². The number of hydrogen-bond donors (Lipinski definition) is 1. The molecule has 0 aliphatic heterocycles. The SMILES string of the molecule is CNCCN(C)S(=O)(=O)c1ccc2oc(=O)ccc2c1. The molecule has 0 saturated carbocycles. The van der Waals surface area contributed by atoms with Gasteiger partial charge < -0.3 is 9.73 Å². The lowest BCUT2D eigenvalue weighted by Gasteiger charge is -2.17. The van der Waals surface area contributed by atoms with E-state index in [1.165, 1.54) is 35.6 Å². The Morgan fingerprint density at radius 2 is 2.00 bits per heavy atom. The summed E-state index contributed by atoms with van der Waals surface area (Å²) in [5, 5.41) is 3.48. The van der Waals surface area contributed by atoms with E-state index in [0.717, 1.165) is 0 Å². The molecule has 2 rings (SSSR count). The lowest BCUT2D eigenvalue weighted by molar-refractivity contribution is 0.466. The van der Waals surface area contributed by atoms with E-state index in [0.29, 0.717) is 24.1 Å². The van der Waals surface area contributed by atoms with E-state index in [2.05, 4.69) is 5.32 Å². The number of rotatable bonds is 5. The van der Waals surface area contributed by atoms with Crippen LogP contribution in [0.5, 0.6) is 0 Å². The molecule has 0 unspecified atom stereocenters. The summed E-state index contributed by atoms with van der Waals surface area (Å²) < 4.78 is 31.0. The Hall–Kier alpha value is -1.70. The van der Waals surface area contributed by atoms with Gasteiger partial charge >= 0.3 is 5.63 Å². The van der Waals surface area contributed by atoms with Crippen molar-refractivity contribution in [2.75, 3.05) is 27.2 Å². The highest BCUT2D eigenvalue weighted by Crippen LogP contribution is 2.20. The van der Waals surface area contributed by atoms with Gasteiger partial charge in [-0.25, -0.2) is 13.2 Å². The normalized spacial score (nSPS) is 12.2. The van der Waals surface area contributed by atoms with Gasteiger partial charge in [0.15, 0.2) is 0 Å². The highest BCUT2D eigenvalue weighted by atomic mass is 32.2. The number of likely N-dealkylation sites (N-methyl/N-ethyl adjacent to an activating group) is 2. The molecule has 108 valence electrons. The molecule has 0 spiro atoms. The van der Waals surface area contributed by atoms with Crippen molar-refractivity contribution in [2.45, 2.75) is 4.90 Å². The highest BCUT2D eigenvalue weighted by Gasteiger charge is 2.20. The second kappa shape index (κ2) is 5.74. The number of fused-ring (bicyclic) bond motifs is 1. The quantitative estimate of drug-likeness (QED) is 0.819. The fourth-order valence-electron chi connectivity index (χ4n) is 1.78. The summed E-state index contributed by atoms with van der Waals surface area (Å²) in [6.07, 6.45) is 0. The van der Waals surface area contributed by atoms with Crippen LogP contribution in [-0.2, 0) is 10.0 Å². The zero-order valence-corrected chi connectivity index (χ0v) is 12.1. The average molecular weight is 296 g/mol. The summed E-state index contributed by atoms with van der Waals surface area (Å²) in [7, 11) is -0.247. The van der Waals surface area contributed by atoms with Crippen LogP contribution in [0.1, 0.15) is 0 Å². The van der Waals surface area contributed by atoms with Crippen LogP contribution in [0.25, 0.3) is 11.0 Å². The van der Waals surface area contributed by atoms with Crippen LogP contribution in [0, 0.1) is 0 Å². The first kappa shape index (κ1) is 14.7. The van der Waals surface area contributed by atoms with E-state index in [4.69, 9.17) is 4.42 Å². The van der Waals surface area contributed by atoms with Crippen molar-refractivity contribution in [1.29, 1.82) is 0 Å². The third kappa shape index (κ3) is 2.90. The fourth-order valence-corrected chi connectivity index (χ4v) is 2.99. The molecular formula is C13H16N2O4S. The summed E-state index contributed by atoms with van der Waals surface area (Å²) in [4.78, 5) is 11.3. The van der Waals surface area contributed by atoms with Crippen LogP contribution < -0.4 is 10.9 Å². The van der Waals surface area contributed by atoms with Crippen molar-refractivity contribution in [3.05, 3.63) is 40.8 Å². The molecule has 0 atom stereocenters. The molecule has 0 aliphatic rings. The minimum absolute atomic E-state index is 0.178. The van der Waals surface area contributed by atoms with E-state index >= 15 is 0 Å². The Morgan fingerprint density at radius 1 is 1.25 bits per heavy atom. The molecule has 1 aromatic carbocycles. The third-order valence-corrected chi connectivity index (χ3v) is 4.83. The number of hydrogen-bond acceptors (Lipinski definition) is 5. The highest BCUT2D eigenvalue weighted by molar-refractivity contribution is 7.89. The molecule has 1 heterocycles. The van der Waals surface area contributed by atoms with Crippen LogP contribution in [0.2, 0.25) is 0 Å². The average Bonchev–Trinajstić information content (AvgIpc) is 2.43. The van der Waals surface area contributed by atoms with Crippen LogP contribution >= 0.6 is 0 Å². The second-order valence-electron chi connectivity index (χ2n) is 4.38. The molecular weight excluding hydrogens is 280 g/mol. The van der Waals surface area contributed by atoms with E-state index in [-0.39, 0.29) is 4.90 Å². The predicted molar refractivity (Wildman–Crippen MR) is 76.2 cm³/mol. The Kier molecular flexibility index (Phi) is 4.22. The van der Waals surface area contributed by atoms with E-state index in [1.807, 2.05) is 0 Å². The maximum Gasteiger partial charge on any atom is 0.336 e. The smallest absolute Gasteiger partial charge is 0.336 e. The van der Waals surface area contributed by atoms with Crippen molar-refractivity contribution >= 4 is 21.0 Å². The van der Waals surface area contributed by atoms with Crippen molar-refractivity contribution in [2.24, 2.45) is 0 Å². The van der Waals surface area contributed by atoms with Crippen molar-refractivity contribution in [1.82, 2.24) is 9.62 Å². The summed E-state index contributed by atoms with van der Waals surface area (Å²) in [6.45, 7) is 0.943. The van der Waals surface area contributed by atoms with E-state index < -0.39 is 15.6 Å². The largest absolute Gasteiger partial charge is 0.423 e. The lowest BCUT2D eigenvalue weighted by atomic mass is 10.2. The summed E-state index contributed by atoms with van der Waals surface area (Å²) in [5.41, 5.74) is -0.0893. The maximum absolute atomic E-state index is 12.4. The van der Waals surface area contributed by atoms with Crippen molar-refractivity contribution in [3.8, 4) is 0 Å². The zero-order valence-electron chi connectivity index (χ0n) is 11.3. The number of nitrogens with zero attached hydrogens (tertiary/aromatic N) is 1. The number of benzene rings is 1. The zero-order chi connectivity index (χ0) is 14.8. The van der Waals surface area contributed by atoms with E-state index in [1.54, 1.807) is 13.1 Å². The molecule has 0 saturated heterocycles. The molecule has 0 aliphatic carbocycles. The van der Waals surface area contributed by atoms with Gasteiger partial charge in [0.1, 0.15) is 5.58 Å². The molecule has 2 aromatic rings. The summed E-state index contributed by atoms with van der Waals surface area (Å²) in [6, 6.07) is 7.26. The molecule has 0 bridgehead atoms. The minimum atomic E-state index is -3.54. The topological polar surface area (TPSA) is 79.6 Å². The van der Waals surface area contributed by atoms with Crippen LogP contribution in [0.15, 0.2) is 44.4 Å². The van der Waals surface area contributed by atoms with Gasteiger partial charge in [0.2, 0.25) is 10.0 Å². The second-order valence-corrected chi connectivity index (χ2v) is 6.43. The predicted octanol–water partition coefficient (Wildman–Crippen LogP) is 0.633. The minimum Gasteiger partial charge on any atom is -0.423 e. The Balaban J connectivity index is 2.42. The Labute approximate surface area is 117 Å². The fraction of sp³-hybridized carbons (Fsp3) is 0.308. The van der Waals surface area contributed by atoms with Crippen molar-refractivity contribution < 1.29 is 12.8 Å². The number of nitrogens with one attached hydrogen (secondary N) is 1. The third-order valence-electron chi connectivity index (χ3n) is 2.98. The Bertz CT molecular complexity index is 767. The van der Waals surface area contributed by atoms with Gasteiger partial charge in [-0.15, -0.1) is 0 Å². The monoisotopic (exact) mass is 296 g/mol. The molecule has 0 fully saturated rings. The van der Waals surface area contributed by atoms with Gasteiger partial charge in [-0.2, -0.15) is 4.31 Å². The standard InChI is InChI=1S/C13H16N2O4S/c1-14-7-8-15(2)20(17,18)11-4-5-12-10(9-11)3-6-13(16)19-12/h3-6,9,14H,7-8H2,1-2H3. The first-order chi connectivity index (χ1) is 9.45. The molecule has 6 nitrogen and oxygen atoms in total. The van der Waals surface area contributed by atoms with Gasteiger partial charge in [-0.3, -0.25) is 0 Å². The lowest BCUT2D eigenvalue weighted by Crippen LogP contribution is -2.32. The van der Waals surface area contributed by atoms with Gasteiger partial charge in [0.25, 0.3) is 0 Å².